The van der Waals surface area contributed by atoms with Crippen molar-refractivity contribution >= 4 is 34.8 Å². The average molecular weight is 294 g/mol. The fraction of sp³-hybridized carbons (Fsp3) is 0. The second kappa shape index (κ2) is 5.54. The Morgan fingerprint density at radius 1 is 1.30 bits per heavy atom. The first-order chi connectivity index (χ1) is 9.52. The molecule has 8 heteroatoms. The van der Waals surface area contributed by atoms with E-state index in [0.29, 0.717) is 0 Å². The third-order valence-electron chi connectivity index (χ3n) is 2.51. The molecule has 0 atom stereocenters. The maximum Gasteiger partial charge on any atom is 0.416 e. The van der Waals surface area contributed by atoms with Crippen LogP contribution in [0.3, 0.4) is 0 Å². The second-order valence-electron chi connectivity index (χ2n) is 3.69. The molecule has 1 aromatic heterocycles. The van der Waals surface area contributed by atoms with Gasteiger partial charge in [0.25, 0.3) is 5.69 Å². The summed E-state index contributed by atoms with van der Waals surface area (Å²) >= 11 is 5.93. The van der Waals surface area contributed by atoms with Gasteiger partial charge in [0.1, 0.15) is 5.02 Å². The number of halogens is 1. The number of aromatic nitrogens is 1. The predicted octanol–water partition coefficient (Wildman–Crippen LogP) is 3.46. The van der Waals surface area contributed by atoms with Gasteiger partial charge in [-0.15, -0.1) is 0 Å². The van der Waals surface area contributed by atoms with E-state index in [0.717, 1.165) is 4.90 Å². The van der Waals surface area contributed by atoms with Gasteiger partial charge in [0.2, 0.25) is 0 Å². The Hall–Kier alpha value is -2.67. The van der Waals surface area contributed by atoms with Gasteiger partial charge in [0.05, 0.1) is 16.3 Å². The molecule has 2 rings (SSSR count). The quantitative estimate of drug-likeness (QED) is 0.690. The van der Waals surface area contributed by atoms with Gasteiger partial charge >= 0.3 is 6.09 Å². The molecule has 2 aromatic rings. The number of hydrogen-bond acceptors (Lipinski definition) is 4. The van der Waals surface area contributed by atoms with Crippen LogP contribution in [0.2, 0.25) is 5.02 Å². The minimum Gasteiger partial charge on any atom is -0.464 e. The molecule has 0 saturated heterocycles. The smallest absolute Gasteiger partial charge is 0.416 e. The summed E-state index contributed by atoms with van der Waals surface area (Å²) < 4.78 is 0. The number of benzene rings is 1. The summed E-state index contributed by atoms with van der Waals surface area (Å²) in [5.41, 5.74) is -0.0565. The fourth-order valence-corrected chi connectivity index (χ4v) is 1.95. The summed E-state index contributed by atoms with van der Waals surface area (Å²) in [6, 6.07) is 6.89. The van der Waals surface area contributed by atoms with Crippen molar-refractivity contribution in [1.82, 2.24) is 4.98 Å². The molecule has 0 saturated carbocycles. The van der Waals surface area contributed by atoms with Gasteiger partial charge in [0, 0.05) is 18.5 Å². The molecule has 0 aliphatic rings. The number of anilines is 2. The van der Waals surface area contributed by atoms with E-state index in [1.807, 2.05) is 0 Å². The Balaban J connectivity index is 2.60. The molecule has 0 bridgehead atoms. The van der Waals surface area contributed by atoms with Crippen molar-refractivity contribution < 1.29 is 14.8 Å². The highest BCUT2D eigenvalue weighted by Crippen LogP contribution is 2.37. The van der Waals surface area contributed by atoms with Gasteiger partial charge < -0.3 is 5.11 Å². The van der Waals surface area contributed by atoms with Gasteiger partial charge in [-0.05, 0) is 18.2 Å². The molecule has 0 aliphatic heterocycles. The van der Waals surface area contributed by atoms with Crippen molar-refractivity contribution in [3.63, 3.8) is 0 Å². The molecule has 1 heterocycles. The van der Waals surface area contributed by atoms with E-state index in [9.17, 15) is 20.0 Å². The lowest BCUT2D eigenvalue weighted by atomic mass is 10.2. The number of nitro groups is 1. The topological polar surface area (TPSA) is 96.6 Å². The van der Waals surface area contributed by atoms with E-state index in [-0.39, 0.29) is 22.1 Å². The monoisotopic (exact) mass is 293 g/mol. The fourth-order valence-electron chi connectivity index (χ4n) is 1.67. The third-order valence-corrected chi connectivity index (χ3v) is 2.90. The summed E-state index contributed by atoms with van der Waals surface area (Å²) in [6.45, 7) is 0. The first-order valence-corrected chi connectivity index (χ1v) is 5.76. The lowest BCUT2D eigenvalue weighted by molar-refractivity contribution is -0.384. The van der Waals surface area contributed by atoms with Gasteiger partial charge in [-0.1, -0.05) is 17.7 Å². The SMILES string of the molecule is O=C(O)N(c1ccncc1)c1cccc([N+](=O)[O-])c1Cl. The molecule has 0 unspecified atom stereocenters. The standard InChI is InChI=1S/C12H8ClN3O4/c13-11-9(2-1-3-10(11)16(19)20)15(12(17)18)8-4-6-14-7-5-8/h1-7H,(H,17,18). The summed E-state index contributed by atoms with van der Waals surface area (Å²) in [5.74, 6) is 0. The lowest BCUT2D eigenvalue weighted by Crippen LogP contribution is -2.24. The summed E-state index contributed by atoms with van der Waals surface area (Å²) in [7, 11) is 0. The van der Waals surface area contributed by atoms with Crippen LogP contribution in [0.4, 0.5) is 21.9 Å². The number of rotatable bonds is 3. The molecule has 1 N–H and O–H groups in total. The molecular formula is C12H8ClN3O4. The number of nitro benzene ring substituents is 1. The van der Waals surface area contributed by atoms with Gasteiger partial charge in [0.15, 0.2) is 0 Å². The van der Waals surface area contributed by atoms with Gasteiger partial charge in [-0.25, -0.2) is 9.69 Å². The van der Waals surface area contributed by atoms with Crippen LogP contribution in [0.5, 0.6) is 0 Å². The zero-order valence-electron chi connectivity index (χ0n) is 9.93. The summed E-state index contributed by atoms with van der Waals surface area (Å²) in [4.78, 5) is 26.2. The zero-order chi connectivity index (χ0) is 14.7. The highest BCUT2D eigenvalue weighted by molar-refractivity contribution is 6.36. The van der Waals surface area contributed by atoms with Crippen LogP contribution in [-0.2, 0) is 0 Å². The van der Waals surface area contributed by atoms with E-state index in [1.165, 1.54) is 42.7 Å². The Kier molecular flexibility index (Phi) is 3.81. The molecule has 102 valence electrons. The van der Waals surface area contributed by atoms with Crippen LogP contribution < -0.4 is 4.90 Å². The highest BCUT2D eigenvalue weighted by Gasteiger charge is 2.24. The van der Waals surface area contributed by atoms with Crippen molar-refractivity contribution in [3.05, 3.63) is 57.9 Å². The van der Waals surface area contributed by atoms with Crippen LogP contribution >= 0.6 is 11.6 Å². The van der Waals surface area contributed by atoms with Crippen molar-refractivity contribution in [2.24, 2.45) is 0 Å². The zero-order valence-corrected chi connectivity index (χ0v) is 10.7. The van der Waals surface area contributed by atoms with Crippen LogP contribution in [-0.4, -0.2) is 21.1 Å². The van der Waals surface area contributed by atoms with Crippen molar-refractivity contribution in [2.45, 2.75) is 0 Å². The Morgan fingerprint density at radius 2 is 1.95 bits per heavy atom. The molecule has 1 aromatic carbocycles. The van der Waals surface area contributed by atoms with E-state index < -0.39 is 11.0 Å². The second-order valence-corrected chi connectivity index (χ2v) is 4.07. The number of carbonyl (C=O) groups is 1. The Bertz CT molecular complexity index is 663. The van der Waals surface area contributed by atoms with E-state index in [2.05, 4.69) is 4.98 Å². The van der Waals surface area contributed by atoms with Crippen molar-refractivity contribution in [3.8, 4) is 0 Å². The molecule has 0 fully saturated rings. The number of hydrogen-bond donors (Lipinski definition) is 1. The molecule has 20 heavy (non-hydrogen) atoms. The first-order valence-electron chi connectivity index (χ1n) is 5.38. The maximum absolute atomic E-state index is 11.4. The Morgan fingerprint density at radius 3 is 2.50 bits per heavy atom. The number of pyridine rings is 1. The Labute approximate surface area is 118 Å². The molecule has 7 nitrogen and oxygen atoms in total. The average Bonchev–Trinajstić information content (AvgIpc) is 2.41. The molecule has 0 spiro atoms. The van der Waals surface area contributed by atoms with Crippen LogP contribution in [0.25, 0.3) is 0 Å². The maximum atomic E-state index is 11.4. The van der Waals surface area contributed by atoms with Crippen molar-refractivity contribution in [2.75, 3.05) is 4.90 Å². The number of carboxylic acid groups (broad SMARTS) is 1. The molecule has 0 aliphatic carbocycles. The normalized spacial score (nSPS) is 10.1. The summed E-state index contributed by atoms with van der Waals surface area (Å²) in [5, 5.41) is 19.9. The minimum absolute atomic E-state index is 0.0135. The first kappa shape index (κ1) is 13.8. The summed E-state index contributed by atoms with van der Waals surface area (Å²) in [6.07, 6.45) is 1.52. The molecular weight excluding hydrogens is 286 g/mol. The predicted molar refractivity (Wildman–Crippen MR) is 72.5 cm³/mol. The number of nitrogens with zero attached hydrogens (tertiary/aromatic N) is 3. The number of amides is 1. The minimum atomic E-state index is -1.31. The van der Waals surface area contributed by atoms with E-state index >= 15 is 0 Å². The van der Waals surface area contributed by atoms with Crippen LogP contribution in [0, 0.1) is 10.1 Å². The lowest BCUT2D eigenvalue weighted by Gasteiger charge is -2.20. The highest BCUT2D eigenvalue weighted by atomic mass is 35.5. The van der Waals surface area contributed by atoms with E-state index in [4.69, 9.17) is 11.6 Å². The van der Waals surface area contributed by atoms with Gasteiger partial charge in [-0.3, -0.25) is 15.1 Å². The molecule has 0 radical (unpaired) electrons. The van der Waals surface area contributed by atoms with Crippen LogP contribution in [0.15, 0.2) is 42.7 Å². The largest absolute Gasteiger partial charge is 0.464 e. The molecule has 1 amide bonds. The third kappa shape index (κ3) is 2.52. The van der Waals surface area contributed by atoms with Crippen molar-refractivity contribution in [1.29, 1.82) is 0 Å². The van der Waals surface area contributed by atoms with E-state index in [1.54, 1.807) is 0 Å². The van der Waals surface area contributed by atoms with Crippen LogP contribution in [0.1, 0.15) is 0 Å². The van der Waals surface area contributed by atoms with Gasteiger partial charge in [-0.2, -0.15) is 0 Å².